The topological polar surface area (TPSA) is 123 Å². The molecule has 2 rings (SSSR count). The highest BCUT2D eigenvalue weighted by molar-refractivity contribution is 7.89. The maximum atomic E-state index is 12.3. The van der Waals surface area contributed by atoms with Crippen molar-refractivity contribution >= 4 is 16.0 Å². The van der Waals surface area contributed by atoms with Crippen molar-refractivity contribution in [3.8, 4) is 5.75 Å². The maximum Gasteiger partial charge on any atom is 0.307 e. The molecule has 0 radical (unpaired) electrons. The first kappa shape index (κ1) is 16.9. The molecule has 0 amide bonds. The van der Waals surface area contributed by atoms with Crippen LogP contribution in [0.3, 0.4) is 0 Å². The van der Waals surface area contributed by atoms with Crippen LogP contribution in [0.2, 0.25) is 0 Å². The third kappa shape index (κ3) is 4.05. The van der Waals surface area contributed by atoms with Crippen LogP contribution in [-0.4, -0.2) is 41.4 Å². The van der Waals surface area contributed by atoms with Crippen LogP contribution in [0, 0.1) is 0 Å². The lowest BCUT2D eigenvalue weighted by molar-refractivity contribution is -0.136. The highest BCUT2D eigenvalue weighted by atomic mass is 32.2. The van der Waals surface area contributed by atoms with Gasteiger partial charge in [0.05, 0.1) is 25.0 Å². The van der Waals surface area contributed by atoms with Gasteiger partial charge in [0.25, 0.3) is 0 Å². The van der Waals surface area contributed by atoms with Crippen molar-refractivity contribution in [2.24, 2.45) is 7.05 Å². The van der Waals surface area contributed by atoms with E-state index in [-0.39, 0.29) is 23.4 Å². The first-order valence-electron chi connectivity index (χ1n) is 6.54. The van der Waals surface area contributed by atoms with Crippen molar-refractivity contribution in [1.29, 1.82) is 0 Å². The molecule has 1 heterocycles. The van der Waals surface area contributed by atoms with Crippen LogP contribution in [0.4, 0.5) is 0 Å². The van der Waals surface area contributed by atoms with E-state index in [1.807, 2.05) is 0 Å². The Hall–Kier alpha value is -2.46. The molecule has 23 heavy (non-hydrogen) atoms. The zero-order chi connectivity index (χ0) is 17.0. The molecule has 0 aliphatic rings. The van der Waals surface area contributed by atoms with Crippen LogP contribution >= 0.6 is 0 Å². The van der Waals surface area contributed by atoms with E-state index < -0.39 is 16.0 Å². The molecule has 1 aromatic carbocycles. The Morgan fingerprint density at radius 2 is 2.17 bits per heavy atom. The van der Waals surface area contributed by atoms with Gasteiger partial charge in [-0.3, -0.25) is 9.48 Å². The fourth-order valence-corrected chi connectivity index (χ4v) is 2.98. The number of carboxylic acid groups (broad SMARTS) is 1. The smallest absolute Gasteiger partial charge is 0.307 e. The Kier molecular flexibility index (Phi) is 4.96. The fourth-order valence-electron chi connectivity index (χ4n) is 1.95. The highest BCUT2D eigenvalue weighted by Crippen LogP contribution is 2.23. The number of nitrogens with zero attached hydrogens (tertiary/aromatic N) is 3. The number of benzene rings is 1. The minimum atomic E-state index is -3.82. The number of aryl methyl sites for hydroxylation is 1. The first-order chi connectivity index (χ1) is 10.8. The van der Waals surface area contributed by atoms with Gasteiger partial charge in [0.1, 0.15) is 17.9 Å². The lowest BCUT2D eigenvalue weighted by Crippen LogP contribution is -2.25. The Morgan fingerprint density at radius 1 is 1.43 bits per heavy atom. The van der Waals surface area contributed by atoms with E-state index in [0.29, 0.717) is 11.6 Å². The number of hydrogen-bond acceptors (Lipinski definition) is 6. The zero-order valence-corrected chi connectivity index (χ0v) is 13.4. The second-order valence-corrected chi connectivity index (χ2v) is 6.44. The molecule has 0 fully saturated rings. The van der Waals surface area contributed by atoms with Crippen LogP contribution < -0.4 is 9.46 Å². The van der Waals surface area contributed by atoms with Crippen LogP contribution in [0.1, 0.15) is 11.4 Å². The molecule has 0 atom stereocenters. The number of carboxylic acids is 1. The average Bonchev–Trinajstić information content (AvgIpc) is 2.90. The largest absolute Gasteiger partial charge is 0.496 e. The van der Waals surface area contributed by atoms with E-state index in [2.05, 4.69) is 14.8 Å². The first-order valence-corrected chi connectivity index (χ1v) is 8.03. The minimum Gasteiger partial charge on any atom is -0.496 e. The molecule has 0 unspecified atom stereocenters. The van der Waals surface area contributed by atoms with Gasteiger partial charge in [0.2, 0.25) is 10.0 Å². The van der Waals surface area contributed by atoms with Gasteiger partial charge in [0.15, 0.2) is 0 Å². The van der Waals surface area contributed by atoms with Crippen LogP contribution in [0.15, 0.2) is 29.4 Å². The Morgan fingerprint density at radius 3 is 2.74 bits per heavy atom. The number of sulfonamides is 1. The van der Waals surface area contributed by atoms with Gasteiger partial charge in [-0.15, -0.1) is 0 Å². The predicted molar refractivity (Wildman–Crippen MR) is 79.4 cm³/mol. The van der Waals surface area contributed by atoms with Gasteiger partial charge in [0, 0.05) is 12.6 Å². The standard InChI is InChI=1S/C13H16N4O5S/c1-17-12(14-8-15-17)7-16-23(20,21)10-3-4-11(22-2)9(5-10)6-13(18)19/h3-5,8,16H,6-7H2,1-2H3,(H,18,19). The molecule has 10 heteroatoms. The zero-order valence-electron chi connectivity index (χ0n) is 12.6. The lowest BCUT2D eigenvalue weighted by atomic mass is 10.1. The molecule has 9 nitrogen and oxygen atoms in total. The summed E-state index contributed by atoms with van der Waals surface area (Å²) < 4.78 is 33.5. The summed E-state index contributed by atoms with van der Waals surface area (Å²) in [5.41, 5.74) is 0.279. The molecule has 0 aliphatic heterocycles. The van der Waals surface area contributed by atoms with E-state index in [9.17, 15) is 13.2 Å². The third-order valence-corrected chi connectivity index (χ3v) is 4.53. The lowest BCUT2D eigenvalue weighted by Gasteiger charge is -2.11. The SMILES string of the molecule is COc1ccc(S(=O)(=O)NCc2ncnn2C)cc1CC(=O)O. The number of aliphatic carboxylic acids is 1. The number of aromatic nitrogens is 3. The summed E-state index contributed by atoms with van der Waals surface area (Å²) in [5, 5.41) is 12.7. The summed E-state index contributed by atoms with van der Waals surface area (Å²) in [6.07, 6.45) is 0.984. The van der Waals surface area contributed by atoms with E-state index in [1.54, 1.807) is 7.05 Å². The Labute approximate surface area is 133 Å². The van der Waals surface area contributed by atoms with Crippen molar-refractivity contribution in [2.45, 2.75) is 17.9 Å². The van der Waals surface area contributed by atoms with E-state index in [0.717, 1.165) is 0 Å². The van der Waals surface area contributed by atoms with Gasteiger partial charge in [-0.1, -0.05) is 0 Å². The normalized spacial score (nSPS) is 11.4. The number of methoxy groups -OCH3 is 1. The Balaban J connectivity index is 2.25. The maximum absolute atomic E-state index is 12.3. The van der Waals surface area contributed by atoms with Gasteiger partial charge < -0.3 is 9.84 Å². The van der Waals surface area contributed by atoms with Gasteiger partial charge >= 0.3 is 5.97 Å². The minimum absolute atomic E-state index is 0.0286. The number of nitrogens with one attached hydrogen (secondary N) is 1. The van der Waals surface area contributed by atoms with Crippen molar-refractivity contribution in [2.75, 3.05) is 7.11 Å². The third-order valence-electron chi connectivity index (χ3n) is 3.13. The number of rotatable bonds is 7. The fraction of sp³-hybridized carbons (Fsp3) is 0.308. The molecule has 0 saturated heterocycles. The second-order valence-electron chi connectivity index (χ2n) is 4.67. The summed E-state index contributed by atoms with van der Waals surface area (Å²) in [6.45, 7) is -0.0286. The number of ether oxygens (including phenoxy) is 1. The van der Waals surface area contributed by atoms with Crippen LogP contribution in [-0.2, 0) is 34.8 Å². The summed E-state index contributed by atoms with van der Waals surface area (Å²) in [7, 11) is -0.778. The molecular formula is C13H16N4O5S. The van der Waals surface area contributed by atoms with E-state index in [4.69, 9.17) is 9.84 Å². The summed E-state index contributed by atoms with van der Waals surface area (Å²) in [5.74, 6) is -0.308. The summed E-state index contributed by atoms with van der Waals surface area (Å²) in [4.78, 5) is 14.8. The summed E-state index contributed by atoms with van der Waals surface area (Å²) in [6, 6.07) is 4.06. The van der Waals surface area contributed by atoms with Gasteiger partial charge in [-0.05, 0) is 18.2 Å². The molecule has 0 aliphatic carbocycles. The van der Waals surface area contributed by atoms with Crippen LogP contribution in [0.25, 0.3) is 0 Å². The molecule has 2 N–H and O–H groups in total. The Bertz CT molecular complexity index is 816. The van der Waals surface area contributed by atoms with Crippen molar-refractivity contribution in [3.63, 3.8) is 0 Å². The molecule has 0 spiro atoms. The monoisotopic (exact) mass is 340 g/mol. The van der Waals surface area contributed by atoms with E-state index in [1.165, 1.54) is 36.3 Å². The van der Waals surface area contributed by atoms with Crippen molar-refractivity contribution in [3.05, 3.63) is 35.9 Å². The molecular weight excluding hydrogens is 324 g/mol. The average molecular weight is 340 g/mol. The van der Waals surface area contributed by atoms with Crippen molar-refractivity contribution < 1.29 is 23.1 Å². The molecule has 0 saturated carbocycles. The number of hydrogen-bond donors (Lipinski definition) is 2. The molecule has 124 valence electrons. The molecule has 2 aromatic rings. The quantitative estimate of drug-likeness (QED) is 0.723. The van der Waals surface area contributed by atoms with E-state index >= 15 is 0 Å². The molecule has 0 bridgehead atoms. The highest BCUT2D eigenvalue weighted by Gasteiger charge is 2.18. The molecule has 1 aromatic heterocycles. The van der Waals surface area contributed by atoms with Gasteiger partial charge in [-0.25, -0.2) is 18.1 Å². The van der Waals surface area contributed by atoms with Crippen molar-refractivity contribution in [1.82, 2.24) is 19.5 Å². The summed E-state index contributed by atoms with van der Waals surface area (Å²) >= 11 is 0. The predicted octanol–water partition coefficient (Wildman–Crippen LogP) is -0.0707. The second kappa shape index (κ2) is 6.75. The van der Waals surface area contributed by atoms with Gasteiger partial charge in [-0.2, -0.15) is 5.10 Å². The van der Waals surface area contributed by atoms with Crippen LogP contribution in [0.5, 0.6) is 5.75 Å². The number of carbonyl (C=O) groups is 1.